The number of hydrogen-bond donors (Lipinski definition) is 3. The van der Waals surface area contributed by atoms with Crippen LogP contribution in [0.3, 0.4) is 0 Å². The van der Waals surface area contributed by atoms with Gasteiger partial charge in [0.2, 0.25) is 0 Å². The number of carbonyl (C=O) groups is 2. The first-order chi connectivity index (χ1) is 13.4. The van der Waals surface area contributed by atoms with Gasteiger partial charge in [0.15, 0.2) is 0 Å². The van der Waals surface area contributed by atoms with Gasteiger partial charge >= 0.3 is 6.09 Å². The molecule has 0 spiro atoms. The first-order valence-electron chi connectivity index (χ1n) is 8.78. The van der Waals surface area contributed by atoms with Crippen molar-refractivity contribution in [2.24, 2.45) is 16.9 Å². The van der Waals surface area contributed by atoms with E-state index in [2.05, 4.69) is 10.1 Å². The summed E-state index contributed by atoms with van der Waals surface area (Å²) < 4.78 is 10.3. The summed E-state index contributed by atoms with van der Waals surface area (Å²) in [5.74, 6) is -0.348. The highest BCUT2D eigenvalue weighted by Gasteiger charge is 2.29. The minimum Gasteiger partial charge on any atom is -0.460 e. The number of hydrogen-bond acceptors (Lipinski definition) is 7. The van der Waals surface area contributed by atoms with Gasteiger partial charge in [0.05, 0.1) is 15.9 Å². The van der Waals surface area contributed by atoms with Gasteiger partial charge in [-0.3, -0.25) is 14.9 Å². The van der Waals surface area contributed by atoms with Crippen LogP contribution in [0.4, 0.5) is 16.2 Å². The number of carbonyl (C=O) groups excluding carboxylic acids is 2. The minimum absolute atomic E-state index is 0.0352. The van der Waals surface area contributed by atoms with Crippen LogP contribution in [0.25, 0.3) is 11.0 Å². The number of anilines is 1. The van der Waals surface area contributed by atoms with E-state index in [0.29, 0.717) is 11.1 Å². The van der Waals surface area contributed by atoms with E-state index in [-0.39, 0.29) is 34.5 Å². The number of amides is 2. The Morgan fingerprint density at radius 1 is 1.34 bits per heavy atom. The quantitative estimate of drug-likeness (QED) is 0.362. The normalized spacial score (nSPS) is 12.8. The van der Waals surface area contributed by atoms with E-state index in [1.807, 2.05) is 20.8 Å². The number of nitro groups is 1. The van der Waals surface area contributed by atoms with Crippen molar-refractivity contribution in [2.75, 3.05) is 11.9 Å². The Bertz CT molecular complexity index is 987. The number of nitrogens with two attached hydrogens (primary N) is 2. The first-order valence-corrected chi connectivity index (χ1v) is 8.78. The van der Waals surface area contributed by atoms with Crippen LogP contribution in [-0.4, -0.2) is 29.6 Å². The van der Waals surface area contributed by atoms with E-state index in [0.717, 1.165) is 6.07 Å². The highest BCUT2D eigenvalue weighted by atomic mass is 16.6. The summed E-state index contributed by atoms with van der Waals surface area (Å²) >= 11 is 0. The van der Waals surface area contributed by atoms with Gasteiger partial charge in [0, 0.05) is 12.1 Å². The smallest absolute Gasteiger partial charge is 0.404 e. The van der Waals surface area contributed by atoms with E-state index in [1.165, 1.54) is 0 Å². The molecule has 1 aromatic carbocycles. The molecule has 1 atom stereocenters. The SMILES string of the molecule is Cc1cc2c(NC(C=CCOC(N)=O)C(C)(C)C)c([N+](=O)[O-])cc(C(N)=O)c2o1. The van der Waals surface area contributed by atoms with Gasteiger partial charge in [-0.25, -0.2) is 4.79 Å². The summed E-state index contributed by atoms with van der Waals surface area (Å²) in [6.07, 6.45) is 2.42. The second-order valence-corrected chi connectivity index (χ2v) is 7.59. The second kappa shape index (κ2) is 8.21. The fourth-order valence-corrected chi connectivity index (χ4v) is 2.82. The molecule has 0 aliphatic carbocycles. The molecule has 0 aliphatic heterocycles. The number of rotatable bonds is 7. The molecule has 2 aromatic rings. The fourth-order valence-electron chi connectivity index (χ4n) is 2.82. The molecule has 0 aliphatic rings. The van der Waals surface area contributed by atoms with Crippen molar-refractivity contribution >= 4 is 34.3 Å². The molecule has 2 amide bonds. The largest absolute Gasteiger partial charge is 0.460 e. The van der Waals surface area contributed by atoms with E-state index in [9.17, 15) is 19.7 Å². The molecule has 156 valence electrons. The van der Waals surface area contributed by atoms with Crippen LogP contribution in [0.1, 0.15) is 36.9 Å². The molecule has 0 saturated heterocycles. The van der Waals surface area contributed by atoms with Crippen LogP contribution in [0, 0.1) is 22.5 Å². The summed E-state index contributed by atoms with van der Waals surface area (Å²) in [5.41, 5.74) is 9.96. The molecule has 29 heavy (non-hydrogen) atoms. The summed E-state index contributed by atoms with van der Waals surface area (Å²) in [6.45, 7) is 7.44. The molecule has 1 unspecified atom stereocenters. The summed E-state index contributed by atoms with van der Waals surface area (Å²) in [4.78, 5) is 33.6. The van der Waals surface area contributed by atoms with Gasteiger partial charge in [-0.05, 0) is 24.5 Å². The van der Waals surface area contributed by atoms with E-state index in [4.69, 9.17) is 15.9 Å². The summed E-state index contributed by atoms with van der Waals surface area (Å²) in [6, 6.07) is 2.32. The second-order valence-electron chi connectivity index (χ2n) is 7.59. The molecule has 0 fully saturated rings. The lowest BCUT2D eigenvalue weighted by Gasteiger charge is -2.30. The van der Waals surface area contributed by atoms with E-state index < -0.39 is 23.0 Å². The fraction of sp³-hybridized carbons (Fsp3) is 0.368. The molecular weight excluding hydrogens is 380 g/mol. The molecular formula is C19H24N4O6. The highest BCUT2D eigenvalue weighted by molar-refractivity contribution is 6.10. The van der Waals surface area contributed by atoms with Gasteiger partial charge in [0.25, 0.3) is 11.6 Å². The molecule has 5 N–H and O–H groups in total. The third-order valence-electron chi connectivity index (χ3n) is 4.25. The van der Waals surface area contributed by atoms with Crippen molar-refractivity contribution in [3.8, 4) is 0 Å². The van der Waals surface area contributed by atoms with Crippen LogP contribution >= 0.6 is 0 Å². The van der Waals surface area contributed by atoms with Crippen LogP contribution in [0.5, 0.6) is 0 Å². The zero-order chi connectivity index (χ0) is 21.9. The Morgan fingerprint density at radius 3 is 2.52 bits per heavy atom. The van der Waals surface area contributed by atoms with Gasteiger partial charge in [-0.15, -0.1) is 0 Å². The number of nitrogens with zero attached hydrogens (tertiary/aromatic N) is 1. The molecule has 0 radical (unpaired) electrons. The minimum atomic E-state index is -0.900. The van der Waals surface area contributed by atoms with Crippen molar-refractivity contribution in [1.29, 1.82) is 0 Å². The van der Waals surface area contributed by atoms with E-state index >= 15 is 0 Å². The van der Waals surface area contributed by atoms with Crippen LogP contribution in [-0.2, 0) is 4.74 Å². The number of furan rings is 1. The third-order valence-corrected chi connectivity index (χ3v) is 4.25. The molecule has 10 heteroatoms. The molecule has 2 rings (SSSR count). The molecule has 10 nitrogen and oxygen atoms in total. The Kier molecular flexibility index (Phi) is 6.15. The number of ether oxygens (including phenoxy) is 1. The number of benzene rings is 1. The van der Waals surface area contributed by atoms with Crippen molar-refractivity contribution in [3.05, 3.63) is 45.7 Å². The zero-order valence-corrected chi connectivity index (χ0v) is 16.6. The number of nitrogens with one attached hydrogen (secondary N) is 1. The number of aryl methyl sites for hydroxylation is 1. The van der Waals surface area contributed by atoms with Gasteiger partial charge in [-0.1, -0.05) is 26.8 Å². The highest BCUT2D eigenvalue weighted by Crippen LogP contribution is 2.39. The molecule has 1 aromatic heterocycles. The lowest BCUT2D eigenvalue weighted by Crippen LogP contribution is -2.32. The number of primary amides is 2. The maximum Gasteiger partial charge on any atom is 0.404 e. The number of fused-ring (bicyclic) bond motifs is 1. The van der Waals surface area contributed by atoms with Crippen molar-refractivity contribution in [3.63, 3.8) is 0 Å². The topological polar surface area (TPSA) is 164 Å². The Hall–Kier alpha value is -3.56. The average molecular weight is 404 g/mol. The lowest BCUT2D eigenvalue weighted by atomic mass is 9.86. The first kappa shape index (κ1) is 21.7. The third kappa shape index (κ3) is 5.03. The van der Waals surface area contributed by atoms with Crippen molar-refractivity contribution in [2.45, 2.75) is 33.7 Å². The molecule has 1 heterocycles. The Balaban J connectivity index is 2.58. The zero-order valence-electron chi connectivity index (χ0n) is 16.6. The number of nitro benzene ring substituents is 1. The summed E-state index contributed by atoms with van der Waals surface area (Å²) in [5, 5.41) is 15.3. The molecule has 0 bridgehead atoms. The standard InChI is InChI=1S/C19H24N4O6/c1-10-8-11-15(13(23(26)27)9-12(17(20)24)16(11)29-10)22-14(19(2,3)4)6-5-7-28-18(21)25/h5-6,8-9,14,22H,7H2,1-4H3,(H2,20,24)(H2,21,25). The Labute approximate surface area is 167 Å². The van der Waals surface area contributed by atoms with Crippen molar-refractivity contribution < 1.29 is 23.7 Å². The summed E-state index contributed by atoms with van der Waals surface area (Å²) in [7, 11) is 0. The average Bonchev–Trinajstić information content (AvgIpc) is 2.96. The predicted molar refractivity (Wildman–Crippen MR) is 108 cm³/mol. The Morgan fingerprint density at radius 2 is 2.00 bits per heavy atom. The maximum atomic E-state index is 11.8. The maximum absolute atomic E-state index is 11.8. The van der Waals surface area contributed by atoms with Crippen LogP contribution in [0.15, 0.2) is 28.7 Å². The van der Waals surface area contributed by atoms with E-state index in [1.54, 1.807) is 25.1 Å². The predicted octanol–water partition coefficient (Wildman–Crippen LogP) is 3.23. The van der Waals surface area contributed by atoms with Gasteiger partial charge in [-0.2, -0.15) is 0 Å². The monoisotopic (exact) mass is 404 g/mol. The lowest BCUT2D eigenvalue weighted by molar-refractivity contribution is -0.383. The van der Waals surface area contributed by atoms with Gasteiger partial charge < -0.3 is 25.9 Å². The van der Waals surface area contributed by atoms with Crippen molar-refractivity contribution in [1.82, 2.24) is 0 Å². The van der Waals surface area contributed by atoms with Gasteiger partial charge in [0.1, 0.15) is 23.6 Å². The van der Waals surface area contributed by atoms with Crippen LogP contribution in [0.2, 0.25) is 0 Å². The molecule has 0 saturated carbocycles. The van der Waals surface area contributed by atoms with Crippen LogP contribution < -0.4 is 16.8 Å².